The van der Waals surface area contributed by atoms with Gasteiger partial charge in [-0.1, -0.05) is 0 Å². The summed E-state index contributed by atoms with van der Waals surface area (Å²) in [5, 5.41) is 14.6. The standard InChI is InChI=1S/C21H22N4O8/c1-33-21(32)15-7-11(26)8-24(15)9-17(28)22-10-2-3-12-13(6-10)20(31)25(19(12)30)14-4-5-16(27)23-18(14)29/h2-3,6,11,14-15,26H,4-5,7-9H2,1H3,(H,22,28)(H,23,27,29)/t11-,14?,15+/m1/s1. The first kappa shape index (κ1) is 22.6. The van der Waals surface area contributed by atoms with Crippen LogP contribution in [0.25, 0.3) is 0 Å². The highest BCUT2D eigenvalue weighted by atomic mass is 16.5. The number of β-amino-alcohol motifs (C(OH)–C–C–N with tert-alkyl or cyclic N) is 1. The lowest BCUT2D eigenvalue weighted by molar-refractivity contribution is -0.146. The van der Waals surface area contributed by atoms with Crippen LogP contribution in [0, 0.1) is 0 Å². The molecule has 174 valence electrons. The second-order valence-corrected chi connectivity index (χ2v) is 8.11. The number of likely N-dealkylation sites (tertiary alicyclic amines) is 1. The smallest absolute Gasteiger partial charge is 0.323 e. The maximum Gasteiger partial charge on any atom is 0.323 e. The topological polar surface area (TPSA) is 162 Å². The van der Waals surface area contributed by atoms with Gasteiger partial charge in [-0.15, -0.1) is 0 Å². The van der Waals surface area contributed by atoms with E-state index in [-0.39, 0.29) is 49.2 Å². The fraction of sp³-hybridized carbons (Fsp3) is 0.429. The number of rotatable bonds is 5. The number of amides is 5. The fourth-order valence-corrected chi connectivity index (χ4v) is 4.37. The lowest BCUT2D eigenvalue weighted by atomic mass is 10.0. The zero-order valence-corrected chi connectivity index (χ0v) is 17.7. The van der Waals surface area contributed by atoms with Crippen molar-refractivity contribution in [2.24, 2.45) is 0 Å². The molecule has 2 fully saturated rings. The summed E-state index contributed by atoms with van der Waals surface area (Å²) in [6.45, 7) is -0.0610. The van der Waals surface area contributed by atoms with Crippen LogP contribution in [0.4, 0.5) is 5.69 Å². The number of anilines is 1. The van der Waals surface area contributed by atoms with Crippen molar-refractivity contribution in [1.29, 1.82) is 0 Å². The van der Waals surface area contributed by atoms with E-state index in [0.29, 0.717) is 0 Å². The van der Waals surface area contributed by atoms with Crippen LogP contribution in [-0.4, -0.2) is 88.8 Å². The van der Waals surface area contributed by atoms with Gasteiger partial charge in [-0.25, -0.2) is 0 Å². The predicted octanol–water partition coefficient (Wildman–Crippen LogP) is -1.37. The van der Waals surface area contributed by atoms with Gasteiger partial charge in [-0.2, -0.15) is 0 Å². The molecule has 4 rings (SSSR count). The molecule has 2 saturated heterocycles. The summed E-state index contributed by atoms with van der Waals surface area (Å²) in [7, 11) is 1.23. The van der Waals surface area contributed by atoms with Crippen molar-refractivity contribution in [2.45, 2.75) is 37.5 Å². The third-order valence-corrected chi connectivity index (χ3v) is 5.92. The molecule has 12 heteroatoms. The number of hydrogen-bond donors (Lipinski definition) is 3. The Labute approximate surface area is 187 Å². The van der Waals surface area contributed by atoms with Crippen LogP contribution < -0.4 is 10.6 Å². The average Bonchev–Trinajstić information content (AvgIpc) is 3.24. The SMILES string of the molecule is COC(=O)[C@@H]1C[C@@H](O)CN1CC(=O)Nc1ccc2c(c1)C(=O)N(C1CCC(=O)NC1=O)C2=O. The van der Waals surface area contributed by atoms with Gasteiger partial charge < -0.3 is 15.2 Å². The summed E-state index contributed by atoms with van der Waals surface area (Å²) in [4.78, 5) is 75.9. The molecule has 3 atom stereocenters. The lowest BCUT2D eigenvalue weighted by Crippen LogP contribution is -2.54. The highest BCUT2D eigenvalue weighted by molar-refractivity contribution is 6.24. The first-order valence-electron chi connectivity index (χ1n) is 10.3. The summed E-state index contributed by atoms with van der Waals surface area (Å²) in [5.41, 5.74) is 0.377. The van der Waals surface area contributed by atoms with Gasteiger partial charge in [0, 0.05) is 25.1 Å². The summed E-state index contributed by atoms with van der Waals surface area (Å²) in [6, 6.07) is 2.36. The Morgan fingerprint density at radius 1 is 1.18 bits per heavy atom. The van der Waals surface area contributed by atoms with Crippen LogP contribution in [0.1, 0.15) is 40.0 Å². The second-order valence-electron chi connectivity index (χ2n) is 8.11. The van der Waals surface area contributed by atoms with Gasteiger partial charge in [0.05, 0.1) is 30.9 Å². The Hall–Kier alpha value is -3.64. The number of ether oxygens (including phenoxy) is 1. The number of hydrogen-bond acceptors (Lipinski definition) is 9. The number of fused-ring (bicyclic) bond motifs is 1. The molecule has 3 aliphatic heterocycles. The largest absolute Gasteiger partial charge is 0.468 e. The molecule has 3 N–H and O–H groups in total. The van der Waals surface area contributed by atoms with Crippen molar-refractivity contribution >= 4 is 41.2 Å². The molecule has 0 bridgehead atoms. The molecular formula is C21H22N4O8. The summed E-state index contributed by atoms with van der Waals surface area (Å²) in [6.07, 6.45) is -0.541. The Bertz CT molecular complexity index is 1070. The van der Waals surface area contributed by atoms with Crippen LogP contribution in [-0.2, 0) is 23.9 Å². The molecule has 3 aliphatic rings. The Morgan fingerprint density at radius 3 is 2.61 bits per heavy atom. The van der Waals surface area contributed by atoms with Crippen LogP contribution in [0.3, 0.4) is 0 Å². The number of carbonyl (C=O) groups excluding carboxylic acids is 6. The minimum Gasteiger partial charge on any atom is -0.468 e. The number of imide groups is 2. The second kappa shape index (κ2) is 8.71. The molecule has 0 spiro atoms. The Morgan fingerprint density at radius 2 is 1.91 bits per heavy atom. The number of piperidine rings is 1. The molecule has 1 unspecified atom stereocenters. The number of benzene rings is 1. The first-order valence-corrected chi connectivity index (χ1v) is 10.3. The van der Waals surface area contributed by atoms with Gasteiger partial charge in [-0.3, -0.25) is 43.9 Å². The minimum absolute atomic E-state index is 0.0168. The third kappa shape index (κ3) is 4.22. The predicted molar refractivity (Wildman–Crippen MR) is 110 cm³/mol. The maximum absolute atomic E-state index is 12.9. The van der Waals surface area contributed by atoms with Crippen molar-refractivity contribution in [3.63, 3.8) is 0 Å². The van der Waals surface area contributed by atoms with Gasteiger partial charge >= 0.3 is 5.97 Å². The average molecular weight is 458 g/mol. The summed E-state index contributed by atoms with van der Waals surface area (Å²) >= 11 is 0. The quantitative estimate of drug-likeness (QED) is 0.357. The van der Waals surface area contributed by atoms with Crippen LogP contribution in [0.15, 0.2) is 18.2 Å². The molecule has 0 saturated carbocycles. The van der Waals surface area contributed by atoms with Crippen molar-refractivity contribution in [1.82, 2.24) is 15.1 Å². The zero-order valence-electron chi connectivity index (χ0n) is 17.7. The van der Waals surface area contributed by atoms with Crippen molar-refractivity contribution in [2.75, 3.05) is 25.5 Å². The lowest BCUT2D eigenvalue weighted by Gasteiger charge is -2.27. The van der Waals surface area contributed by atoms with E-state index >= 15 is 0 Å². The number of esters is 1. The van der Waals surface area contributed by atoms with Crippen LogP contribution in [0.5, 0.6) is 0 Å². The van der Waals surface area contributed by atoms with Crippen molar-refractivity contribution < 1.29 is 38.6 Å². The van der Waals surface area contributed by atoms with Gasteiger partial charge in [0.2, 0.25) is 17.7 Å². The number of carbonyl (C=O) groups is 6. The van der Waals surface area contributed by atoms with Gasteiger partial charge in [0.1, 0.15) is 12.1 Å². The molecule has 33 heavy (non-hydrogen) atoms. The van der Waals surface area contributed by atoms with Crippen LogP contribution >= 0.6 is 0 Å². The molecule has 1 aromatic rings. The van der Waals surface area contributed by atoms with Gasteiger partial charge in [0.15, 0.2) is 0 Å². The van der Waals surface area contributed by atoms with Gasteiger partial charge in [-0.05, 0) is 24.6 Å². The van der Waals surface area contributed by atoms with E-state index in [0.717, 1.165) is 4.90 Å². The summed E-state index contributed by atoms with van der Waals surface area (Å²) in [5.74, 6) is -3.53. The monoisotopic (exact) mass is 458 g/mol. The maximum atomic E-state index is 12.9. The molecule has 0 aliphatic carbocycles. The minimum atomic E-state index is -1.08. The number of nitrogens with one attached hydrogen (secondary N) is 2. The van der Waals surface area contributed by atoms with E-state index in [9.17, 15) is 33.9 Å². The van der Waals surface area contributed by atoms with Crippen molar-refractivity contribution in [3.05, 3.63) is 29.3 Å². The first-order chi connectivity index (χ1) is 15.7. The van der Waals surface area contributed by atoms with Gasteiger partial charge in [0.25, 0.3) is 11.8 Å². The molecule has 3 heterocycles. The van der Waals surface area contributed by atoms with E-state index in [1.54, 1.807) is 0 Å². The molecular weight excluding hydrogens is 436 g/mol. The number of methoxy groups -OCH3 is 1. The Kier molecular flexibility index (Phi) is 5.95. The molecule has 0 radical (unpaired) electrons. The highest BCUT2D eigenvalue weighted by Crippen LogP contribution is 2.29. The summed E-state index contributed by atoms with van der Waals surface area (Å²) < 4.78 is 4.71. The fourth-order valence-electron chi connectivity index (χ4n) is 4.37. The number of aliphatic hydroxyl groups excluding tert-OH is 1. The normalized spacial score (nSPS) is 25.2. The third-order valence-electron chi connectivity index (χ3n) is 5.92. The highest BCUT2D eigenvalue weighted by Gasteiger charge is 2.44. The molecule has 12 nitrogen and oxygen atoms in total. The van der Waals surface area contributed by atoms with E-state index in [1.807, 2.05) is 0 Å². The molecule has 5 amide bonds. The van der Waals surface area contributed by atoms with E-state index < -0.39 is 53.7 Å². The van der Waals surface area contributed by atoms with Crippen LogP contribution in [0.2, 0.25) is 0 Å². The number of nitrogens with zero attached hydrogens (tertiary/aromatic N) is 2. The molecule has 1 aromatic carbocycles. The van der Waals surface area contributed by atoms with E-state index in [4.69, 9.17) is 4.74 Å². The van der Waals surface area contributed by atoms with Crippen molar-refractivity contribution in [3.8, 4) is 0 Å². The number of aliphatic hydroxyl groups is 1. The zero-order chi connectivity index (χ0) is 23.9. The Balaban J connectivity index is 1.46. The van der Waals surface area contributed by atoms with E-state index in [2.05, 4.69) is 10.6 Å². The van der Waals surface area contributed by atoms with E-state index in [1.165, 1.54) is 30.2 Å². The molecule has 0 aromatic heterocycles.